The van der Waals surface area contributed by atoms with Crippen LogP contribution in [0.4, 0.5) is 0 Å². The molecule has 0 unspecified atom stereocenters. The first-order valence-corrected chi connectivity index (χ1v) is 13.3. The van der Waals surface area contributed by atoms with Crippen molar-refractivity contribution in [3.8, 4) is 0 Å². The highest BCUT2D eigenvalue weighted by atomic mass is 33.7. The summed E-state index contributed by atoms with van der Waals surface area (Å²) in [5.41, 5.74) is 0. The van der Waals surface area contributed by atoms with E-state index in [-0.39, 0.29) is 0 Å². The van der Waals surface area contributed by atoms with Crippen molar-refractivity contribution in [1.29, 1.82) is 0 Å². The standard InChI is InChI=1S/C10H24O3S4Si/c1-5-9-14-16-17-15-10-18(11-6-2,12-7-3)13-8-4/h5-10H2,1-4H3. The van der Waals surface area contributed by atoms with E-state index in [0.717, 1.165) is 5.38 Å². The first-order chi connectivity index (χ1) is 8.74. The smallest absolute Gasteiger partial charge is 0.373 e. The van der Waals surface area contributed by atoms with Crippen LogP contribution in [-0.2, 0) is 13.3 Å². The van der Waals surface area contributed by atoms with Gasteiger partial charge in [-0.25, -0.2) is 0 Å². The van der Waals surface area contributed by atoms with Gasteiger partial charge in [0, 0.05) is 25.6 Å². The molecule has 0 amide bonds. The fourth-order valence-corrected chi connectivity index (χ4v) is 12.2. The molecule has 0 atom stereocenters. The molecule has 18 heavy (non-hydrogen) atoms. The highest BCUT2D eigenvalue weighted by Gasteiger charge is 2.40. The van der Waals surface area contributed by atoms with E-state index in [2.05, 4.69) is 6.92 Å². The molecule has 0 aliphatic rings. The molecule has 0 aromatic rings. The second-order valence-electron chi connectivity index (χ2n) is 3.20. The zero-order valence-electron chi connectivity index (χ0n) is 11.6. The summed E-state index contributed by atoms with van der Waals surface area (Å²) in [6.45, 7) is 10.1. The van der Waals surface area contributed by atoms with E-state index in [1.165, 1.54) is 12.2 Å². The molecule has 0 aliphatic carbocycles. The molecule has 0 radical (unpaired) electrons. The first kappa shape index (κ1) is 19.5. The van der Waals surface area contributed by atoms with Gasteiger partial charge in [0.05, 0.1) is 5.38 Å². The van der Waals surface area contributed by atoms with Gasteiger partial charge in [0.2, 0.25) is 0 Å². The Balaban J connectivity index is 3.97. The first-order valence-electron chi connectivity index (χ1n) is 6.24. The molecule has 0 aromatic carbocycles. The predicted molar refractivity (Wildman–Crippen MR) is 91.0 cm³/mol. The summed E-state index contributed by atoms with van der Waals surface area (Å²) in [6.07, 6.45) is 1.22. The van der Waals surface area contributed by atoms with Crippen molar-refractivity contribution in [2.45, 2.75) is 34.1 Å². The quantitative estimate of drug-likeness (QED) is 0.271. The molecule has 0 bridgehead atoms. The van der Waals surface area contributed by atoms with E-state index in [1.54, 1.807) is 20.6 Å². The summed E-state index contributed by atoms with van der Waals surface area (Å²) in [5, 5.41) is 0.812. The third-order valence-electron chi connectivity index (χ3n) is 1.74. The van der Waals surface area contributed by atoms with Gasteiger partial charge in [-0.1, -0.05) is 28.5 Å². The van der Waals surface area contributed by atoms with Crippen LogP contribution in [0.3, 0.4) is 0 Å². The van der Waals surface area contributed by atoms with Crippen molar-refractivity contribution in [3.05, 3.63) is 0 Å². The van der Waals surface area contributed by atoms with Gasteiger partial charge in [0.25, 0.3) is 0 Å². The van der Waals surface area contributed by atoms with Crippen molar-refractivity contribution in [3.63, 3.8) is 0 Å². The zero-order chi connectivity index (χ0) is 13.7. The van der Waals surface area contributed by atoms with Crippen molar-refractivity contribution in [1.82, 2.24) is 0 Å². The van der Waals surface area contributed by atoms with Gasteiger partial charge in [-0.3, -0.25) is 0 Å². The number of hydrogen-bond acceptors (Lipinski definition) is 7. The van der Waals surface area contributed by atoms with E-state index in [9.17, 15) is 0 Å². The van der Waals surface area contributed by atoms with E-state index < -0.39 is 8.80 Å². The van der Waals surface area contributed by atoms with Gasteiger partial charge in [0.1, 0.15) is 0 Å². The van der Waals surface area contributed by atoms with Gasteiger partial charge in [-0.15, -0.1) is 0 Å². The molecule has 0 aromatic heterocycles. The Bertz CT molecular complexity index is 171. The predicted octanol–water partition coefficient (Wildman–Crippen LogP) is 4.66. The molecule has 0 spiro atoms. The van der Waals surface area contributed by atoms with Crippen LogP contribution in [0, 0.1) is 0 Å². The molecule has 0 saturated carbocycles. The van der Waals surface area contributed by atoms with Crippen LogP contribution in [0.25, 0.3) is 0 Å². The third kappa shape index (κ3) is 9.41. The fraction of sp³-hybridized carbons (Fsp3) is 1.00. The largest absolute Gasteiger partial charge is 0.512 e. The summed E-state index contributed by atoms with van der Waals surface area (Å²) >= 11 is 0. The Kier molecular flexibility index (Phi) is 14.6. The average molecular weight is 349 g/mol. The highest BCUT2D eigenvalue weighted by Crippen LogP contribution is 2.44. The second-order valence-corrected chi connectivity index (χ2v) is 12.4. The Morgan fingerprint density at radius 3 is 1.72 bits per heavy atom. The molecule has 8 heteroatoms. The minimum absolute atomic E-state index is 0.648. The van der Waals surface area contributed by atoms with Crippen LogP contribution in [0.5, 0.6) is 0 Å². The Morgan fingerprint density at radius 2 is 1.28 bits per heavy atom. The van der Waals surface area contributed by atoms with Crippen LogP contribution in [-0.4, -0.2) is 39.8 Å². The minimum atomic E-state index is -2.44. The summed E-state index contributed by atoms with van der Waals surface area (Å²) < 4.78 is 17.3. The van der Waals surface area contributed by atoms with Gasteiger partial charge >= 0.3 is 8.80 Å². The SMILES string of the molecule is CCCSSSSC[Si](OCC)(OCC)OCC. The Morgan fingerprint density at radius 1 is 0.778 bits per heavy atom. The summed E-state index contributed by atoms with van der Waals surface area (Å²) in [7, 11) is 4.84. The number of rotatable bonds is 13. The topological polar surface area (TPSA) is 27.7 Å². The van der Waals surface area contributed by atoms with Gasteiger partial charge in [-0.05, 0) is 46.8 Å². The maximum absolute atomic E-state index is 5.78. The lowest BCUT2D eigenvalue weighted by Gasteiger charge is -2.27. The molecule has 0 rings (SSSR count). The van der Waals surface area contributed by atoms with Crippen molar-refractivity contribution >= 4 is 50.0 Å². The van der Waals surface area contributed by atoms with Gasteiger partial charge in [0.15, 0.2) is 0 Å². The van der Waals surface area contributed by atoms with Gasteiger partial charge < -0.3 is 13.3 Å². The maximum atomic E-state index is 5.78. The van der Waals surface area contributed by atoms with Crippen LogP contribution >= 0.6 is 41.2 Å². The van der Waals surface area contributed by atoms with E-state index in [1.807, 2.05) is 41.4 Å². The molecular weight excluding hydrogens is 324 g/mol. The molecule has 0 saturated heterocycles. The van der Waals surface area contributed by atoms with Crippen molar-refractivity contribution < 1.29 is 13.3 Å². The molecule has 0 aliphatic heterocycles. The lowest BCUT2D eigenvalue weighted by Crippen LogP contribution is -2.48. The molecule has 0 fully saturated rings. The van der Waals surface area contributed by atoms with Crippen LogP contribution in [0.1, 0.15) is 34.1 Å². The van der Waals surface area contributed by atoms with E-state index in [4.69, 9.17) is 13.3 Å². The monoisotopic (exact) mass is 348 g/mol. The molecule has 0 N–H and O–H groups in total. The zero-order valence-corrected chi connectivity index (χ0v) is 15.9. The van der Waals surface area contributed by atoms with Crippen molar-refractivity contribution in [2.75, 3.05) is 30.9 Å². The summed E-state index contributed by atoms with van der Waals surface area (Å²) in [5.74, 6) is 1.20. The van der Waals surface area contributed by atoms with Crippen LogP contribution in [0.2, 0.25) is 0 Å². The van der Waals surface area contributed by atoms with Gasteiger partial charge in [-0.2, -0.15) is 0 Å². The number of hydrogen-bond donors (Lipinski definition) is 0. The van der Waals surface area contributed by atoms with Crippen LogP contribution in [0.15, 0.2) is 0 Å². The van der Waals surface area contributed by atoms with E-state index in [0.29, 0.717) is 19.8 Å². The van der Waals surface area contributed by atoms with Crippen LogP contribution < -0.4 is 0 Å². The Labute approximate surface area is 128 Å². The summed E-state index contributed by atoms with van der Waals surface area (Å²) in [6, 6.07) is 0. The maximum Gasteiger partial charge on any atom is 0.512 e. The normalized spacial score (nSPS) is 12.0. The average Bonchev–Trinajstić information content (AvgIpc) is 2.35. The highest BCUT2D eigenvalue weighted by molar-refractivity contribution is 9.26. The lowest BCUT2D eigenvalue weighted by molar-refractivity contribution is 0.0774. The fourth-order valence-electron chi connectivity index (χ4n) is 1.16. The summed E-state index contributed by atoms with van der Waals surface area (Å²) in [4.78, 5) is 0. The van der Waals surface area contributed by atoms with E-state index >= 15 is 0 Å². The minimum Gasteiger partial charge on any atom is -0.373 e. The third-order valence-corrected chi connectivity index (χ3v) is 12.7. The molecule has 110 valence electrons. The van der Waals surface area contributed by atoms with Crippen molar-refractivity contribution in [2.24, 2.45) is 0 Å². The molecular formula is C10H24O3S4Si. The molecule has 3 nitrogen and oxygen atoms in total. The second kappa shape index (κ2) is 13.5. The lowest BCUT2D eigenvalue weighted by atomic mass is 10.6. The Hall–Kier alpha value is 1.50. The molecule has 0 heterocycles.